The Morgan fingerprint density at radius 2 is 0.672 bits per heavy atom. The number of hydrogen-bond acceptors (Lipinski definition) is 2. The van der Waals surface area contributed by atoms with Crippen LogP contribution < -0.4 is 32.2 Å². The maximum Gasteiger partial charge on any atom is 0.249 e. The van der Waals surface area contributed by atoms with Gasteiger partial charge in [-0.1, -0.05) is 42.5 Å². The fourth-order valence-corrected chi connectivity index (χ4v) is 7.38. The third kappa shape index (κ3) is 7.64. The van der Waals surface area contributed by atoms with Gasteiger partial charge in [0.05, 0.1) is 10.9 Å². The van der Waals surface area contributed by atoms with E-state index in [2.05, 4.69) is 0 Å². The predicted molar refractivity (Wildman–Crippen MR) is 193 cm³/mol. The third-order valence-electron chi connectivity index (χ3n) is 10.3. The first kappa shape index (κ1) is 49.0. The van der Waals surface area contributed by atoms with Crippen molar-refractivity contribution in [2.24, 2.45) is 5.73 Å². The number of rotatable bonds is 8. The van der Waals surface area contributed by atoms with Crippen LogP contribution in [0.1, 0.15) is 20.7 Å². The summed E-state index contributed by atoms with van der Waals surface area (Å²) in [5, 5.41) is 0.748. The molecule has 1 heterocycles. The lowest BCUT2D eigenvalue weighted by Gasteiger charge is -2.44. The average molecular weight is 970 g/mol. The first-order chi connectivity index (χ1) is 31.4. The van der Waals surface area contributed by atoms with Gasteiger partial charge in [-0.25, -0.2) is 87.8 Å². The van der Waals surface area contributed by atoms with Gasteiger partial charge in [0.25, 0.3) is 0 Å². The van der Waals surface area contributed by atoms with E-state index in [1.54, 1.807) is 24.4 Å². The number of amides is 1. The van der Waals surface area contributed by atoms with E-state index >= 15 is 35.1 Å². The summed E-state index contributed by atoms with van der Waals surface area (Å²) in [4.78, 5) is 23.9. The predicted octanol–water partition coefficient (Wildman–Crippen LogP) is 7.96. The molecule has 0 saturated carbocycles. The molecular weight excluding hydrogens is 955 g/mol. The van der Waals surface area contributed by atoms with Gasteiger partial charge < -0.3 is 5.73 Å². The molecular formula is C42H15BF20N2O2. The van der Waals surface area contributed by atoms with Crippen molar-refractivity contribution in [3.63, 3.8) is 0 Å². The molecule has 0 spiro atoms. The second-order valence-corrected chi connectivity index (χ2v) is 13.8. The smallest absolute Gasteiger partial charge is 0.249 e. The summed E-state index contributed by atoms with van der Waals surface area (Å²) >= 11 is 0. The van der Waals surface area contributed by atoms with Crippen LogP contribution in [0.2, 0.25) is 0 Å². The molecule has 6 aromatic carbocycles. The molecule has 0 saturated heterocycles. The maximum atomic E-state index is 15.4. The quantitative estimate of drug-likeness (QED) is 0.0420. The highest BCUT2D eigenvalue weighted by molar-refractivity contribution is 7.20. The van der Waals surface area contributed by atoms with Gasteiger partial charge in [-0.3, -0.25) is 9.59 Å². The van der Waals surface area contributed by atoms with E-state index < -0.39 is 150 Å². The second-order valence-electron chi connectivity index (χ2n) is 13.8. The molecule has 0 fully saturated rings. The molecule has 1 aromatic heterocycles. The first-order valence-corrected chi connectivity index (χ1v) is 17.9. The molecule has 348 valence electrons. The van der Waals surface area contributed by atoms with Crippen molar-refractivity contribution in [2.75, 3.05) is 0 Å². The zero-order chi connectivity index (χ0) is 49.9. The number of hydrogen-bond donors (Lipinski definition) is 1. The van der Waals surface area contributed by atoms with E-state index in [0.29, 0.717) is 11.1 Å². The number of carbonyl (C=O) groups excluding carboxylic acids is 2. The number of fused-ring (bicyclic) bond motifs is 1. The van der Waals surface area contributed by atoms with E-state index in [0.717, 1.165) is 10.9 Å². The highest BCUT2D eigenvalue weighted by atomic mass is 19.2. The van der Waals surface area contributed by atoms with Gasteiger partial charge in [-0.2, -0.15) is 4.57 Å². The van der Waals surface area contributed by atoms with E-state index in [1.165, 1.54) is 0 Å². The highest BCUT2D eigenvalue weighted by Crippen LogP contribution is 2.31. The van der Waals surface area contributed by atoms with Crippen molar-refractivity contribution in [2.45, 2.75) is 6.54 Å². The van der Waals surface area contributed by atoms with Crippen molar-refractivity contribution in [3.8, 4) is 0 Å². The summed E-state index contributed by atoms with van der Waals surface area (Å²) in [6.45, 7) is 0.212. The Kier molecular flexibility index (Phi) is 13.2. The largest absolute Gasteiger partial charge is 0.366 e. The minimum atomic E-state index is -7.22. The lowest BCUT2D eigenvalue weighted by molar-refractivity contribution is -0.657. The van der Waals surface area contributed by atoms with Gasteiger partial charge in [0.1, 0.15) is 52.7 Å². The fraction of sp³-hybridized carbons (Fsp3) is 0.0238. The molecule has 0 unspecified atom stereocenters. The summed E-state index contributed by atoms with van der Waals surface area (Å²) in [6, 6.07) is 18.2. The highest BCUT2D eigenvalue weighted by Gasteiger charge is 2.52. The van der Waals surface area contributed by atoms with Crippen molar-refractivity contribution in [3.05, 3.63) is 194 Å². The maximum absolute atomic E-state index is 15.4. The number of nitrogens with zero attached hydrogens (tertiary/aromatic N) is 1. The van der Waals surface area contributed by atoms with E-state index in [4.69, 9.17) is 5.73 Å². The van der Waals surface area contributed by atoms with Crippen molar-refractivity contribution >= 4 is 50.6 Å². The molecule has 0 aliphatic carbocycles. The van der Waals surface area contributed by atoms with Crippen molar-refractivity contribution < 1.29 is 102 Å². The number of para-hydroxylation sites is 1. The van der Waals surface area contributed by atoms with Crippen LogP contribution in [0, 0.1) is 116 Å². The lowest BCUT2D eigenvalue weighted by atomic mass is 9.12. The van der Waals surface area contributed by atoms with Crippen molar-refractivity contribution in [1.29, 1.82) is 0 Å². The number of halogens is 20. The molecule has 7 aromatic rings. The van der Waals surface area contributed by atoms with Crippen LogP contribution in [0.5, 0.6) is 0 Å². The van der Waals surface area contributed by atoms with Gasteiger partial charge in [0.15, 0.2) is 76.0 Å². The van der Waals surface area contributed by atoms with Gasteiger partial charge in [0, 0.05) is 17.7 Å². The van der Waals surface area contributed by atoms with Crippen LogP contribution in [-0.2, 0) is 6.54 Å². The summed E-state index contributed by atoms with van der Waals surface area (Å²) in [7, 11) is 0. The Balaban J connectivity index is 0.000000279. The molecule has 0 aliphatic rings. The Morgan fingerprint density at radius 1 is 0.388 bits per heavy atom. The van der Waals surface area contributed by atoms with Crippen LogP contribution in [0.15, 0.2) is 66.9 Å². The number of benzene rings is 6. The van der Waals surface area contributed by atoms with Crippen LogP contribution in [0.3, 0.4) is 0 Å². The Bertz CT molecular complexity index is 2840. The van der Waals surface area contributed by atoms with E-state index in [-0.39, 0.29) is 12.3 Å². The molecule has 0 bridgehead atoms. The SMILES string of the molecule is Fc1c(F)c(F)c([B-](c2c(F)c(F)c(F)c(F)c2F)(c2c(F)c(F)c(F)c(F)c2F)c2c(F)c(F)c(F)c(F)c2F)c(F)c1F.NC(=O)c1cc[n+](CC(=O)c2ccccc2)c2ccccc12. The molecule has 1 amide bonds. The molecule has 2 N–H and O–H groups in total. The zero-order valence-corrected chi connectivity index (χ0v) is 32.0. The molecule has 7 rings (SSSR count). The van der Waals surface area contributed by atoms with Crippen LogP contribution in [0.4, 0.5) is 87.8 Å². The van der Waals surface area contributed by atoms with Gasteiger partial charge >= 0.3 is 0 Å². The monoisotopic (exact) mass is 970 g/mol. The van der Waals surface area contributed by atoms with E-state index in [1.807, 2.05) is 47.0 Å². The van der Waals surface area contributed by atoms with Crippen LogP contribution in [0.25, 0.3) is 10.9 Å². The van der Waals surface area contributed by atoms with E-state index in [9.17, 15) is 62.3 Å². The summed E-state index contributed by atoms with van der Waals surface area (Å²) in [5.41, 5.74) is -6.99. The Morgan fingerprint density at radius 3 is 0.985 bits per heavy atom. The average Bonchev–Trinajstić information content (AvgIpc) is 3.31. The minimum absolute atomic E-state index is 0.0163. The number of Topliss-reactive ketones (excluding diaryl/α,β-unsaturated/α-hetero) is 1. The molecule has 4 nitrogen and oxygen atoms in total. The van der Waals surface area contributed by atoms with Crippen LogP contribution in [-0.4, -0.2) is 17.8 Å². The van der Waals surface area contributed by atoms with Gasteiger partial charge in [-0.05, 0) is 6.07 Å². The van der Waals surface area contributed by atoms with Gasteiger partial charge in [-0.15, -0.1) is 21.9 Å². The number of pyridine rings is 1. The Labute approximate surface area is 359 Å². The lowest BCUT2D eigenvalue weighted by Crippen LogP contribution is -2.81. The molecule has 0 radical (unpaired) electrons. The number of primary amides is 1. The van der Waals surface area contributed by atoms with Crippen molar-refractivity contribution in [1.82, 2.24) is 0 Å². The normalized spacial score (nSPS) is 11.5. The topological polar surface area (TPSA) is 64.0 Å². The number of ketones is 1. The molecule has 0 atom stereocenters. The van der Waals surface area contributed by atoms with Crippen LogP contribution >= 0.6 is 0 Å². The molecule has 25 heteroatoms. The Hall–Kier alpha value is -7.47. The van der Waals surface area contributed by atoms with Gasteiger partial charge in [0.2, 0.25) is 23.8 Å². The number of carbonyl (C=O) groups is 2. The summed E-state index contributed by atoms with van der Waals surface area (Å²) in [5.74, 6) is -71.9. The minimum Gasteiger partial charge on any atom is -0.366 e. The summed E-state index contributed by atoms with van der Waals surface area (Å²) in [6.07, 6.45) is -5.49. The zero-order valence-electron chi connectivity index (χ0n) is 32.0. The second kappa shape index (κ2) is 18.1. The first-order valence-electron chi connectivity index (χ1n) is 17.9. The molecule has 67 heavy (non-hydrogen) atoms. The third-order valence-corrected chi connectivity index (χ3v) is 10.3. The summed E-state index contributed by atoms with van der Waals surface area (Å²) < 4.78 is 296. The molecule has 0 aliphatic heterocycles. The standard InChI is InChI=1S/C24BF20.C18H14N2O2/c26-5-1(6(27)14(35)21(42)13(5)34)25(2-7(28)15(36)22(43)16(37)8(2)29,3-9(30)17(38)23(44)18(39)10(3)31)4-11(32)19(40)24(45)20(41)12(4)33;19-18(22)15-10-11-20(16-9-5-4-8-14(15)16)12-17(21)13-6-2-1-3-7-13/h;1-11H,12H2,(H-,19,22)/q-1;/p+1. The fourth-order valence-electron chi connectivity index (χ4n) is 7.38. The number of nitrogens with two attached hydrogens (primary N) is 1. The number of aromatic nitrogens is 1.